The lowest BCUT2D eigenvalue weighted by atomic mass is 9.97. The lowest BCUT2D eigenvalue weighted by Crippen LogP contribution is -2.54. The topological polar surface area (TPSA) is 134 Å². The summed E-state index contributed by atoms with van der Waals surface area (Å²) in [6.45, 7) is 2.22. The predicted molar refractivity (Wildman–Crippen MR) is 114 cm³/mol. The Morgan fingerprint density at radius 2 is 1.78 bits per heavy atom. The normalized spacial score (nSPS) is 21.0. The molecule has 2 fully saturated rings. The molecule has 0 spiro atoms. The first kappa shape index (κ1) is 23.7. The van der Waals surface area contributed by atoms with Gasteiger partial charge in [0, 0.05) is 12.3 Å². The van der Waals surface area contributed by atoms with Gasteiger partial charge in [-0.05, 0) is 50.6 Å². The number of carbonyl (C=O) groups excluding carboxylic acids is 5. The van der Waals surface area contributed by atoms with Gasteiger partial charge in [0.2, 0.25) is 17.7 Å². The van der Waals surface area contributed by atoms with E-state index >= 15 is 0 Å². The number of rotatable bonds is 6. The molecular weight excluding hydrogens is 440 g/mol. The first-order chi connectivity index (χ1) is 15.0. The number of piperidine rings is 2. The molecule has 5 amide bonds. The molecule has 1 aromatic carbocycles. The summed E-state index contributed by atoms with van der Waals surface area (Å²) in [4.78, 5) is 62.0. The van der Waals surface area contributed by atoms with Gasteiger partial charge >= 0.3 is 0 Å². The van der Waals surface area contributed by atoms with E-state index in [0.29, 0.717) is 12.3 Å². The fourth-order valence-electron chi connectivity index (χ4n) is 4.11. The molecule has 1 unspecified atom stereocenters. The highest BCUT2D eigenvalue weighted by Gasteiger charge is 2.44. The largest absolute Gasteiger partial charge is 0.492 e. The van der Waals surface area contributed by atoms with Crippen LogP contribution in [0.15, 0.2) is 18.2 Å². The van der Waals surface area contributed by atoms with E-state index in [1.807, 2.05) is 0 Å². The monoisotopic (exact) mass is 464 g/mol. The van der Waals surface area contributed by atoms with Crippen molar-refractivity contribution in [3.63, 3.8) is 0 Å². The number of hydrogen-bond donors (Lipinski definition) is 3. The molecule has 3 aliphatic rings. The number of amides is 5. The minimum atomic E-state index is -1.00. The second-order valence-electron chi connectivity index (χ2n) is 7.82. The molecule has 11 heteroatoms. The number of nitrogens with one attached hydrogen (secondary N) is 3. The van der Waals surface area contributed by atoms with E-state index in [9.17, 15) is 24.0 Å². The maximum absolute atomic E-state index is 12.8. The highest BCUT2D eigenvalue weighted by molar-refractivity contribution is 6.23. The Morgan fingerprint density at radius 3 is 2.50 bits per heavy atom. The Bertz CT molecular complexity index is 946. The zero-order chi connectivity index (χ0) is 22.0. The maximum Gasteiger partial charge on any atom is 0.262 e. The quantitative estimate of drug-likeness (QED) is 0.398. The number of benzene rings is 1. The summed E-state index contributed by atoms with van der Waals surface area (Å²) in [7, 11) is 0. The van der Waals surface area contributed by atoms with Crippen molar-refractivity contribution in [1.29, 1.82) is 0 Å². The lowest BCUT2D eigenvalue weighted by Gasteiger charge is -2.27. The number of ether oxygens (including phenoxy) is 1. The van der Waals surface area contributed by atoms with E-state index in [4.69, 9.17) is 4.74 Å². The molecule has 2 saturated heterocycles. The van der Waals surface area contributed by atoms with Crippen LogP contribution >= 0.6 is 12.4 Å². The Kier molecular flexibility index (Phi) is 7.47. The molecule has 4 rings (SSSR count). The van der Waals surface area contributed by atoms with Crippen LogP contribution in [0.25, 0.3) is 0 Å². The molecule has 1 aromatic rings. The number of imide groups is 2. The van der Waals surface area contributed by atoms with Gasteiger partial charge in [-0.15, -0.1) is 12.4 Å². The van der Waals surface area contributed by atoms with Crippen LogP contribution in [0.2, 0.25) is 0 Å². The van der Waals surface area contributed by atoms with E-state index in [2.05, 4.69) is 16.0 Å². The van der Waals surface area contributed by atoms with Crippen LogP contribution in [0.3, 0.4) is 0 Å². The smallest absolute Gasteiger partial charge is 0.262 e. The average Bonchev–Trinajstić information content (AvgIpc) is 3.02. The van der Waals surface area contributed by atoms with Crippen molar-refractivity contribution >= 4 is 41.9 Å². The van der Waals surface area contributed by atoms with E-state index in [-0.39, 0.29) is 54.8 Å². The third kappa shape index (κ3) is 4.76. The second-order valence-corrected chi connectivity index (χ2v) is 7.82. The van der Waals surface area contributed by atoms with Gasteiger partial charge in [-0.25, -0.2) is 0 Å². The molecule has 3 aliphatic heterocycles. The number of carbonyl (C=O) groups is 5. The fourth-order valence-corrected chi connectivity index (χ4v) is 4.11. The van der Waals surface area contributed by atoms with Crippen molar-refractivity contribution in [2.24, 2.45) is 5.92 Å². The van der Waals surface area contributed by atoms with Crippen molar-refractivity contribution < 1.29 is 28.7 Å². The number of fused-ring (bicyclic) bond motifs is 1. The minimum Gasteiger partial charge on any atom is -0.492 e. The summed E-state index contributed by atoms with van der Waals surface area (Å²) < 4.78 is 5.64. The van der Waals surface area contributed by atoms with Crippen molar-refractivity contribution in [3.8, 4) is 5.75 Å². The van der Waals surface area contributed by atoms with Gasteiger partial charge in [-0.1, -0.05) is 0 Å². The van der Waals surface area contributed by atoms with E-state index in [0.717, 1.165) is 30.8 Å². The van der Waals surface area contributed by atoms with E-state index in [1.165, 1.54) is 12.1 Å². The number of hydrogen-bond acceptors (Lipinski definition) is 7. The maximum atomic E-state index is 12.8. The van der Waals surface area contributed by atoms with Crippen molar-refractivity contribution in [2.45, 2.75) is 31.7 Å². The first-order valence-electron chi connectivity index (χ1n) is 10.4. The van der Waals surface area contributed by atoms with E-state index in [1.54, 1.807) is 6.07 Å². The van der Waals surface area contributed by atoms with Crippen molar-refractivity contribution in [2.75, 3.05) is 26.2 Å². The lowest BCUT2D eigenvalue weighted by molar-refractivity contribution is -0.136. The minimum absolute atomic E-state index is 0. The zero-order valence-corrected chi connectivity index (χ0v) is 18.2. The van der Waals surface area contributed by atoms with Gasteiger partial charge in [-0.3, -0.25) is 34.2 Å². The molecule has 3 N–H and O–H groups in total. The number of nitrogens with zero attached hydrogens (tertiary/aromatic N) is 1. The Balaban J connectivity index is 0.00000289. The van der Waals surface area contributed by atoms with Crippen LogP contribution in [0.1, 0.15) is 46.4 Å². The van der Waals surface area contributed by atoms with Crippen molar-refractivity contribution in [3.05, 3.63) is 29.3 Å². The van der Waals surface area contributed by atoms with Crippen LogP contribution in [-0.4, -0.2) is 66.7 Å². The SMILES string of the molecule is Cl.O=C1CCC(N2C(=O)c3ccc(OCCNC(=O)C4CCNCC4)cc3C2=O)C(=O)N1. The molecule has 1 atom stereocenters. The van der Waals surface area contributed by atoms with Crippen LogP contribution in [-0.2, 0) is 14.4 Å². The third-order valence-electron chi connectivity index (χ3n) is 5.79. The van der Waals surface area contributed by atoms with Crippen LogP contribution in [0, 0.1) is 5.92 Å². The fraction of sp³-hybridized carbons (Fsp3) is 0.476. The van der Waals surface area contributed by atoms with Gasteiger partial charge in [0.25, 0.3) is 11.8 Å². The Hall–Kier alpha value is -2.98. The van der Waals surface area contributed by atoms with Gasteiger partial charge in [-0.2, -0.15) is 0 Å². The molecule has 0 aromatic heterocycles. The molecule has 0 bridgehead atoms. The number of halogens is 1. The standard InChI is InChI=1S/C21H24N4O6.ClH/c26-17-4-3-16(19(28)24-17)25-20(29)14-2-1-13(11-15(14)21(25)30)31-10-9-23-18(27)12-5-7-22-8-6-12;/h1-2,11-12,16,22H,3-10H2,(H,23,27)(H,24,26,28);1H. The predicted octanol–water partition coefficient (Wildman–Crippen LogP) is 0.00420. The molecule has 0 aliphatic carbocycles. The average molecular weight is 465 g/mol. The third-order valence-corrected chi connectivity index (χ3v) is 5.79. The van der Waals surface area contributed by atoms with Crippen LogP contribution in [0.4, 0.5) is 0 Å². The second kappa shape index (κ2) is 10.1. The summed E-state index contributed by atoms with van der Waals surface area (Å²) in [5.41, 5.74) is 0.354. The van der Waals surface area contributed by atoms with Gasteiger partial charge < -0.3 is 15.4 Å². The van der Waals surface area contributed by atoms with Crippen molar-refractivity contribution in [1.82, 2.24) is 20.9 Å². The Labute approximate surface area is 190 Å². The molecule has 10 nitrogen and oxygen atoms in total. The first-order valence-corrected chi connectivity index (χ1v) is 10.4. The highest BCUT2D eigenvalue weighted by Crippen LogP contribution is 2.30. The summed E-state index contributed by atoms with van der Waals surface area (Å²) in [6, 6.07) is 3.53. The van der Waals surface area contributed by atoms with Gasteiger partial charge in [0.15, 0.2) is 0 Å². The van der Waals surface area contributed by atoms with Gasteiger partial charge in [0.1, 0.15) is 18.4 Å². The molecule has 0 radical (unpaired) electrons. The molecule has 172 valence electrons. The highest BCUT2D eigenvalue weighted by atomic mass is 35.5. The molecule has 3 heterocycles. The zero-order valence-electron chi connectivity index (χ0n) is 17.3. The van der Waals surface area contributed by atoms with Gasteiger partial charge in [0.05, 0.1) is 17.7 Å². The molecule has 32 heavy (non-hydrogen) atoms. The Morgan fingerprint density at radius 1 is 1.06 bits per heavy atom. The van der Waals surface area contributed by atoms with Crippen LogP contribution in [0.5, 0.6) is 5.75 Å². The molecular formula is C21H25ClN4O6. The summed E-state index contributed by atoms with van der Waals surface area (Å²) in [5, 5.41) is 8.24. The summed E-state index contributed by atoms with van der Waals surface area (Å²) in [5.74, 6) is -1.79. The summed E-state index contributed by atoms with van der Waals surface area (Å²) >= 11 is 0. The molecule has 0 saturated carbocycles. The van der Waals surface area contributed by atoms with Crippen LogP contribution < -0.4 is 20.7 Å². The summed E-state index contributed by atoms with van der Waals surface area (Å²) in [6.07, 6.45) is 1.81. The van der Waals surface area contributed by atoms with E-state index < -0.39 is 29.7 Å².